The molecule has 2 aromatic carbocycles. The highest BCUT2D eigenvalue weighted by Gasteiger charge is 2.36. The molecule has 298 valence electrons. The van der Waals surface area contributed by atoms with E-state index < -0.39 is 65.7 Å². The summed E-state index contributed by atoms with van der Waals surface area (Å²) in [7, 11) is 0. The van der Waals surface area contributed by atoms with Gasteiger partial charge in [0, 0.05) is 13.5 Å². The molecular formula is C41H56N6O8. The van der Waals surface area contributed by atoms with Crippen LogP contribution in [0.5, 0.6) is 0 Å². The molecule has 1 aromatic heterocycles. The van der Waals surface area contributed by atoms with Gasteiger partial charge in [-0.05, 0) is 53.9 Å². The average molecular weight is 761 g/mol. The molecule has 0 aliphatic heterocycles. The van der Waals surface area contributed by atoms with Crippen molar-refractivity contribution in [3.63, 3.8) is 0 Å². The summed E-state index contributed by atoms with van der Waals surface area (Å²) in [4.78, 5) is 79.3. The van der Waals surface area contributed by atoms with Crippen LogP contribution < -0.4 is 27.1 Å². The van der Waals surface area contributed by atoms with Crippen molar-refractivity contribution in [3.05, 3.63) is 95.9 Å². The number of hydrazine groups is 1. The normalized spacial score (nSPS) is 14.1. The van der Waals surface area contributed by atoms with E-state index in [-0.39, 0.29) is 49.4 Å². The van der Waals surface area contributed by atoms with E-state index in [1.807, 2.05) is 50.2 Å². The second-order valence-corrected chi connectivity index (χ2v) is 14.8. The Bertz CT molecular complexity index is 1700. The van der Waals surface area contributed by atoms with Gasteiger partial charge in [0.25, 0.3) is 5.91 Å². The number of furan rings is 1. The zero-order valence-corrected chi connectivity index (χ0v) is 32.7. The number of nitrogens with one attached hydrogen (secondary N) is 4. The molecule has 3 aromatic rings. The van der Waals surface area contributed by atoms with Crippen molar-refractivity contribution < 1.29 is 37.9 Å². The van der Waals surface area contributed by atoms with Crippen LogP contribution in [-0.4, -0.2) is 77.8 Å². The fourth-order valence-electron chi connectivity index (χ4n) is 6.02. The van der Waals surface area contributed by atoms with Gasteiger partial charge in [0.2, 0.25) is 29.4 Å². The molecule has 3 rings (SSSR count). The highest BCUT2D eigenvalue weighted by Crippen LogP contribution is 2.17. The number of amides is 5. The summed E-state index contributed by atoms with van der Waals surface area (Å²) in [5, 5.41) is 10.0. The first kappa shape index (κ1) is 43.9. The van der Waals surface area contributed by atoms with Crippen LogP contribution in [0.25, 0.3) is 0 Å². The Morgan fingerprint density at radius 1 is 0.691 bits per heavy atom. The quantitative estimate of drug-likeness (QED) is 0.0614. The first-order valence-corrected chi connectivity index (χ1v) is 18.6. The fourth-order valence-corrected chi connectivity index (χ4v) is 6.02. The van der Waals surface area contributed by atoms with E-state index in [2.05, 4.69) is 21.4 Å². The van der Waals surface area contributed by atoms with Gasteiger partial charge < -0.3 is 30.8 Å². The molecule has 0 aliphatic rings. The molecule has 5 atom stereocenters. The van der Waals surface area contributed by atoms with Crippen molar-refractivity contribution in [1.29, 1.82) is 0 Å². The molecule has 0 bridgehead atoms. The molecule has 14 nitrogen and oxygen atoms in total. The molecule has 0 aliphatic carbocycles. The van der Waals surface area contributed by atoms with Crippen molar-refractivity contribution in [2.75, 3.05) is 13.1 Å². The van der Waals surface area contributed by atoms with Crippen LogP contribution in [-0.2, 0) is 41.6 Å². The SMILES string of the molecule is CC(=O)N[C@H](C(=O)N[C@@H](Cc1ccccc1)[C@H](CN(CC(C)C)NC(=O)[C@@H](NC(=O)C(Cc1ccccc1)C(N)=O)C(C)C)OC(=O)c1ccco1)C(C)C. The summed E-state index contributed by atoms with van der Waals surface area (Å²) >= 11 is 0. The van der Waals surface area contributed by atoms with Crippen LogP contribution in [0.15, 0.2) is 83.5 Å². The Morgan fingerprint density at radius 2 is 1.25 bits per heavy atom. The molecule has 1 heterocycles. The zero-order valence-electron chi connectivity index (χ0n) is 32.7. The van der Waals surface area contributed by atoms with Gasteiger partial charge >= 0.3 is 5.97 Å². The third-order valence-electron chi connectivity index (χ3n) is 8.81. The van der Waals surface area contributed by atoms with Crippen molar-refractivity contribution in [2.45, 2.75) is 85.5 Å². The van der Waals surface area contributed by atoms with Gasteiger partial charge in [0.1, 0.15) is 24.1 Å². The predicted octanol–water partition coefficient (Wildman–Crippen LogP) is 3.17. The fraction of sp³-hybridized carbons (Fsp3) is 0.463. The molecule has 1 unspecified atom stereocenters. The second-order valence-electron chi connectivity index (χ2n) is 14.8. The Labute approximate surface area is 323 Å². The number of primary amides is 1. The maximum Gasteiger partial charge on any atom is 0.374 e. The number of carbonyl (C=O) groups excluding carboxylic acids is 6. The minimum atomic E-state index is -1.22. The molecule has 0 spiro atoms. The van der Waals surface area contributed by atoms with Crippen LogP contribution in [0.2, 0.25) is 0 Å². The van der Waals surface area contributed by atoms with Crippen LogP contribution in [0.4, 0.5) is 0 Å². The summed E-state index contributed by atoms with van der Waals surface area (Å²) in [6, 6.07) is 18.5. The molecule has 0 fully saturated rings. The zero-order chi connectivity index (χ0) is 40.7. The third-order valence-corrected chi connectivity index (χ3v) is 8.81. The highest BCUT2D eigenvalue weighted by molar-refractivity contribution is 6.01. The molecule has 5 amide bonds. The number of esters is 1. The number of hydrogen-bond donors (Lipinski definition) is 5. The topological polar surface area (TPSA) is 202 Å². The summed E-state index contributed by atoms with van der Waals surface area (Å²) in [6.07, 6.45) is 0.537. The average Bonchev–Trinajstić information content (AvgIpc) is 3.67. The van der Waals surface area contributed by atoms with Crippen molar-refractivity contribution in [2.24, 2.45) is 29.4 Å². The van der Waals surface area contributed by atoms with E-state index in [1.165, 1.54) is 19.3 Å². The number of nitrogens with two attached hydrogens (primary N) is 1. The maximum absolute atomic E-state index is 14.0. The first-order valence-electron chi connectivity index (χ1n) is 18.6. The third kappa shape index (κ3) is 14.3. The van der Waals surface area contributed by atoms with Gasteiger partial charge in [-0.2, -0.15) is 0 Å². The summed E-state index contributed by atoms with van der Waals surface area (Å²) < 4.78 is 11.4. The molecule has 0 radical (unpaired) electrons. The second kappa shape index (κ2) is 21.4. The van der Waals surface area contributed by atoms with Gasteiger partial charge in [-0.15, -0.1) is 0 Å². The molecular weight excluding hydrogens is 704 g/mol. The van der Waals surface area contributed by atoms with Gasteiger partial charge in [-0.1, -0.05) is 102 Å². The highest BCUT2D eigenvalue weighted by atomic mass is 16.6. The maximum atomic E-state index is 14.0. The Balaban J connectivity index is 1.97. The summed E-state index contributed by atoms with van der Waals surface area (Å²) in [5.74, 6) is -5.70. The largest absolute Gasteiger partial charge is 0.457 e. The molecule has 0 saturated carbocycles. The van der Waals surface area contributed by atoms with E-state index in [1.54, 1.807) is 63.0 Å². The van der Waals surface area contributed by atoms with E-state index in [9.17, 15) is 28.8 Å². The van der Waals surface area contributed by atoms with Crippen molar-refractivity contribution in [3.8, 4) is 0 Å². The lowest BCUT2D eigenvalue weighted by molar-refractivity contribution is -0.139. The van der Waals surface area contributed by atoms with E-state index in [0.717, 1.165) is 11.1 Å². The summed E-state index contributed by atoms with van der Waals surface area (Å²) in [6.45, 7) is 12.5. The monoisotopic (exact) mass is 760 g/mol. The number of carbonyl (C=O) groups is 6. The van der Waals surface area contributed by atoms with Gasteiger partial charge in [0.15, 0.2) is 0 Å². The van der Waals surface area contributed by atoms with Crippen LogP contribution >= 0.6 is 0 Å². The predicted molar refractivity (Wildman–Crippen MR) is 207 cm³/mol. The molecule has 14 heteroatoms. The number of nitrogens with zero attached hydrogens (tertiary/aromatic N) is 1. The Kier molecular flexibility index (Phi) is 17.1. The summed E-state index contributed by atoms with van der Waals surface area (Å²) in [5.41, 5.74) is 10.1. The minimum absolute atomic E-state index is 0.00816. The number of rotatable bonds is 21. The lowest BCUT2D eigenvalue weighted by atomic mass is 9.96. The number of hydrogen-bond acceptors (Lipinski definition) is 9. The lowest BCUT2D eigenvalue weighted by Crippen LogP contribution is -2.60. The van der Waals surface area contributed by atoms with Crippen LogP contribution in [0, 0.1) is 23.7 Å². The van der Waals surface area contributed by atoms with E-state index in [4.69, 9.17) is 14.9 Å². The Morgan fingerprint density at radius 3 is 1.75 bits per heavy atom. The van der Waals surface area contributed by atoms with E-state index in [0.29, 0.717) is 0 Å². The standard InChI is InChI=1S/C41H56N6O8/c1-25(2)23-47(46-40(52)36(27(5)6)45-38(50)31(37(42)49)21-29-15-10-8-11-16-29)24-34(55-41(53)33-19-14-20-54-33)32(22-30-17-12-9-13-18-30)44-39(51)35(26(3)4)43-28(7)48/h8-20,25-27,31-32,34-36H,21-24H2,1-7H3,(H2,42,49)(H,43,48)(H,44,51)(H,45,50)(H,46,52)/t31?,32-,34-,35-,36-/m0/s1. The number of ether oxygens (including phenoxy) is 1. The van der Waals surface area contributed by atoms with Crippen LogP contribution in [0.1, 0.15) is 70.1 Å². The Hall–Kier alpha value is -5.50. The van der Waals surface area contributed by atoms with Gasteiger partial charge in [-0.25, -0.2) is 9.80 Å². The number of benzene rings is 2. The first-order chi connectivity index (χ1) is 26.0. The minimum Gasteiger partial charge on any atom is -0.457 e. The van der Waals surface area contributed by atoms with Gasteiger partial charge in [-0.3, -0.25) is 29.4 Å². The smallest absolute Gasteiger partial charge is 0.374 e. The van der Waals surface area contributed by atoms with Crippen molar-refractivity contribution in [1.82, 2.24) is 26.4 Å². The lowest BCUT2D eigenvalue weighted by Gasteiger charge is -2.35. The van der Waals surface area contributed by atoms with Crippen molar-refractivity contribution >= 4 is 35.5 Å². The van der Waals surface area contributed by atoms with Crippen LogP contribution in [0.3, 0.4) is 0 Å². The molecule has 0 saturated heterocycles. The van der Waals surface area contributed by atoms with E-state index >= 15 is 0 Å². The molecule has 6 N–H and O–H groups in total. The molecule has 55 heavy (non-hydrogen) atoms. The van der Waals surface area contributed by atoms with Gasteiger partial charge in [0.05, 0.1) is 18.8 Å².